The zero-order valence-electron chi connectivity index (χ0n) is 10.5. The standard InChI is InChI=1S/C15H14F3N/c1-2-19-15(10-5-3-6-11(16)9-10)12-7-4-8-13(17)14(12)18/h3-9,15,19H,2H2,1H3. The molecule has 0 aliphatic carbocycles. The Morgan fingerprint density at radius 1 is 1.05 bits per heavy atom. The molecule has 0 radical (unpaired) electrons. The van der Waals surface area contributed by atoms with E-state index in [1.54, 1.807) is 12.1 Å². The van der Waals surface area contributed by atoms with Crippen molar-refractivity contribution < 1.29 is 13.2 Å². The van der Waals surface area contributed by atoms with E-state index in [0.717, 1.165) is 6.07 Å². The number of nitrogens with one attached hydrogen (secondary N) is 1. The van der Waals surface area contributed by atoms with Gasteiger partial charge in [0.05, 0.1) is 6.04 Å². The van der Waals surface area contributed by atoms with Gasteiger partial charge >= 0.3 is 0 Å². The van der Waals surface area contributed by atoms with Crippen LogP contribution in [0.1, 0.15) is 24.1 Å². The van der Waals surface area contributed by atoms with Gasteiger partial charge in [-0.1, -0.05) is 31.2 Å². The molecule has 4 heteroatoms. The molecular formula is C15H14F3N. The van der Waals surface area contributed by atoms with Crippen LogP contribution in [-0.2, 0) is 0 Å². The van der Waals surface area contributed by atoms with Gasteiger partial charge in [-0.05, 0) is 30.3 Å². The molecule has 0 amide bonds. The number of hydrogen-bond acceptors (Lipinski definition) is 1. The van der Waals surface area contributed by atoms with Crippen molar-refractivity contribution in [2.75, 3.05) is 6.54 Å². The second-order valence-electron chi connectivity index (χ2n) is 4.19. The van der Waals surface area contributed by atoms with E-state index in [9.17, 15) is 13.2 Å². The minimum atomic E-state index is -0.906. The molecule has 0 saturated carbocycles. The summed E-state index contributed by atoms with van der Waals surface area (Å²) in [4.78, 5) is 0. The normalized spacial score (nSPS) is 12.4. The van der Waals surface area contributed by atoms with Crippen molar-refractivity contribution in [3.05, 3.63) is 71.0 Å². The molecule has 1 nitrogen and oxygen atoms in total. The third kappa shape index (κ3) is 2.96. The molecule has 0 spiro atoms. The van der Waals surface area contributed by atoms with Crippen LogP contribution in [0.3, 0.4) is 0 Å². The predicted molar refractivity (Wildman–Crippen MR) is 68.3 cm³/mol. The molecule has 1 N–H and O–H groups in total. The van der Waals surface area contributed by atoms with Crippen LogP contribution in [0.4, 0.5) is 13.2 Å². The third-order valence-corrected chi connectivity index (χ3v) is 2.88. The zero-order chi connectivity index (χ0) is 13.8. The van der Waals surface area contributed by atoms with Gasteiger partial charge in [0, 0.05) is 5.56 Å². The lowest BCUT2D eigenvalue weighted by Gasteiger charge is -2.19. The molecule has 0 heterocycles. The Morgan fingerprint density at radius 3 is 2.47 bits per heavy atom. The molecule has 100 valence electrons. The van der Waals surface area contributed by atoms with Crippen molar-refractivity contribution in [1.29, 1.82) is 0 Å². The minimum absolute atomic E-state index is 0.174. The van der Waals surface area contributed by atoms with Gasteiger partial charge in [-0.15, -0.1) is 0 Å². The Kier molecular flexibility index (Phi) is 4.22. The third-order valence-electron chi connectivity index (χ3n) is 2.88. The number of halogens is 3. The van der Waals surface area contributed by atoms with Gasteiger partial charge in [-0.2, -0.15) is 0 Å². The lowest BCUT2D eigenvalue weighted by molar-refractivity contribution is 0.482. The smallest absolute Gasteiger partial charge is 0.163 e. The largest absolute Gasteiger partial charge is 0.306 e. The highest BCUT2D eigenvalue weighted by molar-refractivity contribution is 5.33. The Labute approximate surface area is 110 Å². The zero-order valence-corrected chi connectivity index (χ0v) is 10.5. The first kappa shape index (κ1) is 13.6. The van der Waals surface area contributed by atoms with E-state index in [4.69, 9.17) is 0 Å². The summed E-state index contributed by atoms with van der Waals surface area (Å²) in [6, 6.07) is 9.29. The molecule has 1 unspecified atom stereocenters. The van der Waals surface area contributed by atoms with Gasteiger partial charge in [0.15, 0.2) is 11.6 Å². The van der Waals surface area contributed by atoms with Gasteiger partial charge in [-0.3, -0.25) is 0 Å². The molecule has 1 atom stereocenters. The molecule has 0 saturated heterocycles. The number of hydrogen-bond donors (Lipinski definition) is 1. The van der Waals surface area contributed by atoms with E-state index in [2.05, 4.69) is 5.32 Å². The fraction of sp³-hybridized carbons (Fsp3) is 0.200. The molecule has 2 aromatic rings. The average molecular weight is 265 g/mol. The quantitative estimate of drug-likeness (QED) is 0.886. The van der Waals surface area contributed by atoms with Gasteiger partial charge < -0.3 is 5.32 Å². The summed E-state index contributed by atoms with van der Waals surface area (Å²) in [5.74, 6) is -2.22. The highest BCUT2D eigenvalue weighted by Gasteiger charge is 2.19. The van der Waals surface area contributed by atoms with Gasteiger partial charge in [-0.25, -0.2) is 13.2 Å². The maximum Gasteiger partial charge on any atom is 0.163 e. The van der Waals surface area contributed by atoms with E-state index in [-0.39, 0.29) is 5.56 Å². The first-order valence-electron chi connectivity index (χ1n) is 6.06. The number of rotatable bonds is 4. The second kappa shape index (κ2) is 5.89. The highest BCUT2D eigenvalue weighted by atomic mass is 19.2. The second-order valence-corrected chi connectivity index (χ2v) is 4.19. The van der Waals surface area contributed by atoms with E-state index >= 15 is 0 Å². The first-order chi connectivity index (χ1) is 9.13. The summed E-state index contributed by atoms with van der Waals surface area (Å²) >= 11 is 0. The van der Waals surface area contributed by atoms with Gasteiger partial charge in [0.1, 0.15) is 5.82 Å². The lowest BCUT2D eigenvalue weighted by atomic mass is 9.98. The molecule has 0 aromatic heterocycles. The monoisotopic (exact) mass is 265 g/mol. The number of benzene rings is 2. The SMILES string of the molecule is CCNC(c1cccc(F)c1)c1cccc(F)c1F. The van der Waals surface area contributed by atoms with Gasteiger partial charge in [0.25, 0.3) is 0 Å². The maximum atomic E-state index is 13.9. The van der Waals surface area contributed by atoms with Gasteiger partial charge in [0.2, 0.25) is 0 Å². The Bertz CT molecular complexity index is 569. The molecule has 0 bridgehead atoms. The van der Waals surface area contributed by atoms with Crippen LogP contribution < -0.4 is 5.32 Å². The Balaban J connectivity index is 2.48. The van der Waals surface area contributed by atoms with Crippen LogP contribution in [0.2, 0.25) is 0 Å². The van der Waals surface area contributed by atoms with Crippen LogP contribution >= 0.6 is 0 Å². The average Bonchev–Trinajstić information content (AvgIpc) is 2.40. The Morgan fingerprint density at radius 2 is 1.79 bits per heavy atom. The first-order valence-corrected chi connectivity index (χ1v) is 6.06. The van der Waals surface area contributed by atoms with E-state index in [0.29, 0.717) is 12.1 Å². The van der Waals surface area contributed by atoms with Crippen molar-refractivity contribution >= 4 is 0 Å². The molecule has 19 heavy (non-hydrogen) atoms. The molecule has 0 fully saturated rings. The summed E-state index contributed by atoms with van der Waals surface area (Å²) in [7, 11) is 0. The fourth-order valence-corrected chi connectivity index (χ4v) is 2.04. The van der Waals surface area contributed by atoms with Crippen molar-refractivity contribution in [1.82, 2.24) is 5.32 Å². The Hall–Kier alpha value is -1.81. The topological polar surface area (TPSA) is 12.0 Å². The summed E-state index contributed by atoms with van der Waals surface area (Å²) in [6.07, 6.45) is 0. The molecular weight excluding hydrogens is 251 g/mol. The predicted octanol–water partition coefficient (Wildman–Crippen LogP) is 3.80. The molecule has 0 aliphatic rings. The molecule has 0 aliphatic heterocycles. The van der Waals surface area contributed by atoms with Crippen LogP contribution in [-0.4, -0.2) is 6.54 Å². The van der Waals surface area contributed by atoms with Crippen LogP contribution in [0.15, 0.2) is 42.5 Å². The van der Waals surface area contributed by atoms with E-state index in [1.165, 1.54) is 24.3 Å². The van der Waals surface area contributed by atoms with Crippen molar-refractivity contribution in [3.63, 3.8) is 0 Å². The molecule has 2 rings (SSSR count). The maximum absolute atomic E-state index is 13.9. The highest BCUT2D eigenvalue weighted by Crippen LogP contribution is 2.26. The van der Waals surface area contributed by atoms with Crippen LogP contribution in [0.5, 0.6) is 0 Å². The summed E-state index contributed by atoms with van der Waals surface area (Å²) in [6.45, 7) is 2.40. The minimum Gasteiger partial charge on any atom is -0.306 e. The summed E-state index contributed by atoms with van der Waals surface area (Å²) in [5.41, 5.74) is 0.735. The summed E-state index contributed by atoms with van der Waals surface area (Å²) in [5, 5.41) is 3.04. The molecule has 2 aromatic carbocycles. The van der Waals surface area contributed by atoms with Crippen molar-refractivity contribution in [2.24, 2.45) is 0 Å². The fourth-order valence-electron chi connectivity index (χ4n) is 2.04. The lowest BCUT2D eigenvalue weighted by Crippen LogP contribution is -2.23. The van der Waals surface area contributed by atoms with Crippen LogP contribution in [0, 0.1) is 17.5 Å². The van der Waals surface area contributed by atoms with Crippen molar-refractivity contribution in [2.45, 2.75) is 13.0 Å². The summed E-state index contributed by atoms with van der Waals surface area (Å²) < 4.78 is 40.4. The van der Waals surface area contributed by atoms with E-state index in [1.807, 2.05) is 6.92 Å². The van der Waals surface area contributed by atoms with Crippen molar-refractivity contribution in [3.8, 4) is 0 Å². The van der Waals surface area contributed by atoms with E-state index < -0.39 is 23.5 Å². The van der Waals surface area contributed by atoms with Crippen LogP contribution in [0.25, 0.3) is 0 Å².